The van der Waals surface area contributed by atoms with Crippen LogP contribution in [0, 0.1) is 5.92 Å². The second-order valence-electron chi connectivity index (χ2n) is 10.9. The molecule has 35 heavy (non-hydrogen) atoms. The second-order valence-corrected chi connectivity index (χ2v) is 12.0. The zero-order valence-corrected chi connectivity index (χ0v) is 21.1. The fourth-order valence-corrected chi connectivity index (χ4v) is 8.60. The average molecular weight is 500 g/mol. The normalized spacial score (nSPS) is 34.8. The highest BCUT2D eigenvalue weighted by Gasteiger charge is 2.65. The van der Waals surface area contributed by atoms with E-state index < -0.39 is 0 Å². The van der Waals surface area contributed by atoms with Crippen molar-refractivity contribution in [3.63, 3.8) is 0 Å². The van der Waals surface area contributed by atoms with Gasteiger partial charge in [-0.3, -0.25) is 14.4 Å². The van der Waals surface area contributed by atoms with Gasteiger partial charge in [0.15, 0.2) is 11.5 Å². The fourth-order valence-electron chi connectivity index (χ4n) is 7.67. The fraction of sp³-hybridized carbons (Fsp3) is 0.654. The van der Waals surface area contributed by atoms with E-state index in [1.807, 2.05) is 0 Å². The number of hydrogen-bond donors (Lipinski definition) is 3. The molecule has 8 nitrogen and oxygen atoms in total. The molecule has 5 aliphatic rings. The Morgan fingerprint density at radius 2 is 2.11 bits per heavy atom. The van der Waals surface area contributed by atoms with Gasteiger partial charge >= 0.3 is 0 Å². The van der Waals surface area contributed by atoms with Gasteiger partial charge in [-0.1, -0.05) is 11.8 Å². The summed E-state index contributed by atoms with van der Waals surface area (Å²) in [5.41, 5.74) is 3.10. The van der Waals surface area contributed by atoms with Gasteiger partial charge < -0.3 is 25.4 Å². The van der Waals surface area contributed by atoms with Crippen molar-refractivity contribution in [3.8, 4) is 11.5 Å². The molecule has 3 heterocycles. The number of likely N-dealkylation sites (N-methyl/N-ethyl adjacent to an activating group) is 1. The minimum Gasteiger partial charge on any atom is -0.504 e. The molecule has 3 aliphatic heterocycles. The third-order valence-electron chi connectivity index (χ3n) is 9.10. The van der Waals surface area contributed by atoms with E-state index in [1.165, 1.54) is 17.3 Å². The van der Waals surface area contributed by atoms with E-state index in [0.717, 1.165) is 49.1 Å². The predicted octanol–water partition coefficient (Wildman–Crippen LogP) is 1.65. The molecule has 2 saturated heterocycles. The van der Waals surface area contributed by atoms with Crippen molar-refractivity contribution >= 4 is 28.7 Å². The lowest BCUT2D eigenvalue weighted by Crippen LogP contribution is -2.68. The van der Waals surface area contributed by atoms with E-state index >= 15 is 0 Å². The molecule has 3 fully saturated rings. The van der Waals surface area contributed by atoms with Crippen molar-refractivity contribution in [1.82, 2.24) is 15.5 Å². The molecular weight excluding hydrogens is 466 g/mol. The minimum absolute atomic E-state index is 0.0406. The Balaban J connectivity index is 1.34. The number of thioether (sulfide) groups is 1. The number of phenolic OH excluding ortho intramolecular Hbond substituents is 1. The SMILES string of the molecule is CC(=O)N[C@H]1CCC2[C@H]3Cc4c(CCC(=O)NC5CCSC5=O)cc(O)c5c4[C@@]2(CCN3C)[C@H]1O5. The van der Waals surface area contributed by atoms with Crippen LogP contribution in [0.5, 0.6) is 11.5 Å². The maximum Gasteiger partial charge on any atom is 0.220 e. The Kier molecular flexibility index (Phi) is 5.56. The first kappa shape index (κ1) is 23.2. The van der Waals surface area contributed by atoms with Crippen LogP contribution in [0.25, 0.3) is 0 Å². The number of nitrogens with one attached hydrogen (secondary N) is 2. The maximum absolute atomic E-state index is 12.7. The summed E-state index contributed by atoms with van der Waals surface area (Å²) in [6, 6.07) is 1.68. The second kappa shape index (κ2) is 8.40. The maximum atomic E-state index is 12.7. The van der Waals surface area contributed by atoms with E-state index in [4.69, 9.17) is 4.74 Å². The van der Waals surface area contributed by atoms with E-state index in [1.54, 1.807) is 13.0 Å². The molecule has 2 bridgehead atoms. The summed E-state index contributed by atoms with van der Waals surface area (Å²) in [6.07, 6.45) is 4.97. The third-order valence-corrected chi connectivity index (χ3v) is 10.1. The van der Waals surface area contributed by atoms with Gasteiger partial charge in [0.2, 0.25) is 16.9 Å². The number of likely N-dealkylation sites (tertiary alicyclic amines) is 1. The van der Waals surface area contributed by atoms with Gasteiger partial charge in [-0.05, 0) is 75.2 Å². The van der Waals surface area contributed by atoms with Crippen molar-refractivity contribution in [1.29, 1.82) is 0 Å². The molecule has 0 aromatic heterocycles. The molecule has 2 unspecified atom stereocenters. The molecule has 188 valence electrons. The molecule has 1 saturated carbocycles. The molecule has 6 rings (SSSR count). The van der Waals surface area contributed by atoms with Crippen LogP contribution in [0.2, 0.25) is 0 Å². The molecule has 2 aliphatic carbocycles. The van der Waals surface area contributed by atoms with Crippen molar-refractivity contribution in [3.05, 3.63) is 22.8 Å². The summed E-state index contributed by atoms with van der Waals surface area (Å²) >= 11 is 1.28. The highest BCUT2D eigenvalue weighted by Crippen LogP contribution is 2.64. The third kappa shape index (κ3) is 3.49. The molecule has 9 heteroatoms. The first-order chi connectivity index (χ1) is 16.8. The first-order valence-corrected chi connectivity index (χ1v) is 13.8. The number of aryl methyl sites for hydroxylation is 1. The largest absolute Gasteiger partial charge is 0.504 e. The van der Waals surface area contributed by atoms with E-state index in [2.05, 4.69) is 22.6 Å². The summed E-state index contributed by atoms with van der Waals surface area (Å²) in [5.74, 6) is 1.69. The molecule has 6 atom stereocenters. The Morgan fingerprint density at radius 3 is 2.86 bits per heavy atom. The molecule has 3 N–H and O–H groups in total. The lowest BCUT2D eigenvalue weighted by molar-refractivity contribution is -0.124. The molecule has 1 aromatic carbocycles. The van der Waals surface area contributed by atoms with Crippen molar-refractivity contribution in [2.45, 2.75) is 81.5 Å². The van der Waals surface area contributed by atoms with Gasteiger partial charge in [0, 0.05) is 36.1 Å². The van der Waals surface area contributed by atoms with Gasteiger partial charge in [-0.25, -0.2) is 0 Å². The quantitative estimate of drug-likeness (QED) is 0.565. The van der Waals surface area contributed by atoms with Crippen LogP contribution in [0.1, 0.15) is 55.7 Å². The number of rotatable bonds is 5. The Hall–Kier alpha value is -2.26. The molecule has 2 amide bonds. The number of carbonyl (C=O) groups is 3. The minimum atomic E-state index is -0.381. The molecule has 1 aromatic rings. The van der Waals surface area contributed by atoms with Crippen LogP contribution in [-0.4, -0.2) is 70.5 Å². The summed E-state index contributed by atoms with van der Waals surface area (Å²) in [7, 11) is 2.19. The summed E-state index contributed by atoms with van der Waals surface area (Å²) < 4.78 is 6.54. The lowest BCUT2D eigenvalue weighted by atomic mass is 9.50. The standard InChI is InChI=1S/C26H33N3O5S/c1-13(30)27-17-5-4-16-19-12-15-14(3-6-21(32)28-18-7-10-35-25(18)33)11-20(31)23-22(15)26(16,24(17)34-23)8-9-29(19)2/h11,16-19,24,31H,3-10,12H2,1-2H3,(H,27,30)(H,28,32)/t16?,17-,18?,19+,24-,26-/m0/s1. The Bertz CT molecular complexity index is 1110. The molecular formula is C26H33N3O5S. The molecule has 0 radical (unpaired) electrons. The monoisotopic (exact) mass is 499 g/mol. The van der Waals surface area contributed by atoms with E-state index in [-0.39, 0.29) is 52.7 Å². The summed E-state index contributed by atoms with van der Waals surface area (Å²) in [4.78, 5) is 39.0. The summed E-state index contributed by atoms with van der Waals surface area (Å²) in [6.45, 7) is 2.50. The highest BCUT2D eigenvalue weighted by atomic mass is 32.2. The summed E-state index contributed by atoms with van der Waals surface area (Å²) in [5, 5.41) is 17.1. The predicted molar refractivity (Wildman–Crippen MR) is 132 cm³/mol. The van der Waals surface area contributed by atoms with Crippen LogP contribution >= 0.6 is 11.8 Å². The van der Waals surface area contributed by atoms with Gasteiger partial charge in [0.05, 0.1) is 12.1 Å². The number of amides is 2. The number of ether oxygens (including phenoxy) is 1. The Morgan fingerprint density at radius 1 is 1.29 bits per heavy atom. The number of carbonyl (C=O) groups excluding carboxylic acids is 3. The number of hydrogen-bond acceptors (Lipinski definition) is 7. The number of aromatic hydroxyl groups is 1. The van der Waals surface area contributed by atoms with Crippen LogP contribution in [-0.2, 0) is 32.6 Å². The number of nitrogens with zero attached hydrogens (tertiary/aromatic N) is 1. The van der Waals surface area contributed by atoms with E-state index in [9.17, 15) is 19.5 Å². The topological polar surface area (TPSA) is 108 Å². The first-order valence-electron chi connectivity index (χ1n) is 12.8. The van der Waals surface area contributed by atoms with Crippen molar-refractivity contribution in [2.75, 3.05) is 19.3 Å². The smallest absolute Gasteiger partial charge is 0.220 e. The van der Waals surface area contributed by atoms with Crippen LogP contribution in [0.3, 0.4) is 0 Å². The average Bonchev–Trinajstić information content (AvgIpc) is 3.37. The van der Waals surface area contributed by atoms with Crippen LogP contribution < -0.4 is 15.4 Å². The van der Waals surface area contributed by atoms with Gasteiger partial charge in [-0.15, -0.1) is 0 Å². The lowest BCUT2D eigenvalue weighted by Gasteiger charge is -2.59. The number of piperidine rings is 1. The van der Waals surface area contributed by atoms with Crippen LogP contribution in [0.4, 0.5) is 0 Å². The van der Waals surface area contributed by atoms with Gasteiger partial charge in [-0.2, -0.15) is 0 Å². The number of benzene rings is 1. The highest BCUT2D eigenvalue weighted by molar-refractivity contribution is 8.14. The van der Waals surface area contributed by atoms with Crippen molar-refractivity contribution in [2.24, 2.45) is 5.92 Å². The van der Waals surface area contributed by atoms with Crippen molar-refractivity contribution < 1.29 is 24.2 Å². The zero-order chi connectivity index (χ0) is 24.5. The zero-order valence-electron chi connectivity index (χ0n) is 20.3. The molecule has 1 spiro atoms. The van der Waals surface area contributed by atoms with E-state index in [0.29, 0.717) is 30.6 Å². The Labute approximate surface area is 209 Å². The van der Waals surface area contributed by atoms with Gasteiger partial charge in [0.1, 0.15) is 6.10 Å². The number of phenols is 1. The van der Waals surface area contributed by atoms with Crippen LogP contribution in [0.15, 0.2) is 6.07 Å². The van der Waals surface area contributed by atoms with Gasteiger partial charge in [0.25, 0.3) is 0 Å².